The summed E-state index contributed by atoms with van der Waals surface area (Å²) in [5.74, 6) is -0.905. The van der Waals surface area contributed by atoms with E-state index in [1.807, 2.05) is 24.3 Å². The average molecular weight is 383 g/mol. The van der Waals surface area contributed by atoms with Crippen molar-refractivity contribution >= 4 is 10.0 Å². The Bertz CT molecular complexity index is 882. The van der Waals surface area contributed by atoms with Crippen molar-refractivity contribution < 1.29 is 26.8 Å². The van der Waals surface area contributed by atoms with E-state index in [0.717, 1.165) is 29.5 Å². The minimum absolute atomic E-state index is 0.253. The van der Waals surface area contributed by atoms with E-state index in [1.54, 1.807) is 7.11 Å². The molecule has 0 amide bonds. The second-order valence-corrected chi connectivity index (χ2v) is 8.12. The fraction of sp³-hybridized carbons (Fsp3) is 0.333. The Kier molecular flexibility index (Phi) is 5.55. The predicted molar refractivity (Wildman–Crippen MR) is 92.5 cm³/mol. The maximum atomic E-state index is 13.9. The van der Waals surface area contributed by atoms with Crippen molar-refractivity contribution in [1.82, 2.24) is 4.31 Å². The number of rotatable bonds is 5. The third-order valence-electron chi connectivity index (χ3n) is 4.57. The summed E-state index contributed by atoms with van der Waals surface area (Å²) < 4.78 is 59.0. The summed E-state index contributed by atoms with van der Waals surface area (Å²) in [7, 11) is -2.43. The number of halogens is 2. The number of benzene rings is 2. The van der Waals surface area contributed by atoms with E-state index in [0.29, 0.717) is 19.6 Å². The first-order chi connectivity index (χ1) is 12.4. The lowest BCUT2D eigenvalue weighted by molar-refractivity contribution is -0.917. The lowest BCUT2D eigenvalue weighted by Gasteiger charge is -2.31. The zero-order valence-electron chi connectivity index (χ0n) is 14.4. The highest BCUT2D eigenvalue weighted by Crippen LogP contribution is 2.21. The normalized spacial score (nSPS) is 16.6. The molecule has 2 aromatic carbocycles. The first-order valence-electron chi connectivity index (χ1n) is 8.32. The van der Waals surface area contributed by atoms with E-state index < -0.39 is 26.6 Å². The van der Waals surface area contributed by atoms with E-state index in [-0.39, 0.29) is 13.1 Å². The molecule has 26 heavy (non-hydrogen) atoms. The van der Waals surface area contributed by atoms with Crippen LogP contribution in [0.5, 0.6) is 5.75 Å². The number of hydrogen-bond donors (Lipinski definition) is 1. The van der Waals surface area contributed by atoms with Crippen LogP contribution in [0.2, 0.25) is 0 Å². The maximum Gasteiger partial charge on any atom is 0.246 e. The highest BCUT2D eigenvalue weighted by molar-refractivity contribution is 7.89. The Balaban J connectivity index is 1.69. The number of piperazine rings is 1. The molecule has 140 valence electrons. The molecule has 3 rings (SSSR count). The topological polar surface area (TPSA) is 51.1 Å². The van der Waals surface area contributed by atoms with Crippen LogP contribution in [0.4, 0.5) is 8.78 Å². The summed E-state index contributed by atoms with van der Waals surface area (Å²) in [4.78, 5) is 0.603. The summed E-state index contributed by atoms with van der Waals surface area (Å²) in [5, 5.41) is 0. The van der Waals surface area contributed by atoms with Gasteiger partial charge in [0.05, 0.1) is 33.3 Å². The third-order valence-corrected chi connectivity index (χ3v) is 6.49. The lowest BCUT2D eigenvalue weighted by atomic mass is 10.2. The van der Waals surface area contributed by atoms with Crippen LogP contribution >= 0.6 is 0 Å². The number of nitrogens with zero attached hydrogens (tertiary/aromatic N) is 1. The first-order valence-corrected chi connectivity index (χ1v) is 9.76. The number of sulfonamides is 1. The van der Waals surface area contributed by atoms with Crippen molar-refractivity contribution in [2.75, 3.05) is 33.3 Å². The highest BCUT2D eigenvalue weighted by atomic mass is 32.2. The van der Waals surface area contributed by atoms with Gasteiger partial charge in [-0.25, -0.2) is 17.2 Å². The van der Waals surface area contributed by atoms with Gasteiger partial charge in [-0.05, 0) is 30.3 Å². The van der Waals surface area contributed by atoms with Gasteiger partial charge in [-0.15, -0.1) is 0 Å². The molecule has 0 spiro atoms. The minimum atomic E-state index is -4.04. The Morgan fingerprint density at radius 1 is 1.12 bits per heavy atom. The third kappa shape index (κ3) is 3.87. The van der Waals surface area contributed by atoms with Crippen molar-refractivity contribution in [3.63, 3.8) is 0 Å². The number of quaternary nitrogens is 1. The SMILES string of the molecule is COc1ccccc1C[NH+]1CCN(S(=O)(=O)c2cc(F)ccc2F)CC1. The molecule has 1 heterocycles. The monoisotopic (exact) mass is 383 g/mol. The fourth-order valence-electron chi connectivity index (χ4n) is 3.15. The molecule has 8 heteroatoms. The maximum absolute atomic E-state index is 13.9. The number of nitrogens with one attached hydrogen (secondary N) is 1. The molecule has 5 nitrogen and oxygen atoms in total. The fourth-order valence-corrected chi connectivity index (χ4v) is 4.67. The molecule has 0 aliphatic carbocycles. The zero-order chi connectivity index (χ0) is 18.7. The second kappa shape index (κ2) is 7.69. The molecule has 0 radical (unpaired) electrons. The van der Waals surface area contributed by atoms with Gasteiger partial charge in [-0.2, -0.15) is 4.31 Å². The summed E-state index contributed by atoms with van der Waals surface area (Å²) in [6.45, 7) is 2.38. The van der Waals surface area contributed by atoms with E-state index in [1.165, 1.54) is 9.21 Å². The standard InChI is InChI=1S/C18H20F2N2O3S/c1-25-17-5-3-2-4-14(17)13-21-8-10-22(11-9-21)26(23,24)18-12-15(19)6-7-16(18)20/h2-7,12H,8-11,13H2,1H3/p+1. The van der Waals surface area contributed by atoms with Crippen molar-refractivity contribution in [3.8, 4) is 5.75 Å². The molecule has 0 atom stereocenters. The van der Waals surface area contributed by atoms with Crippen LogP contribution in [0.25, 0.3) is 0 Å². The number of para-hydroxylation sites is 1. The Morgan fingerprint density at radius 2 is 1.81 bits per heavy atom. The molecule has 2 aromatic rings. The summed E-state index contributed by atoms with van der Waals surface area (Å²) in [6.07, 6.45) is 0. The average Bonchev–Trinajstić information content (AvgIpc) is 2.64. The zero-order valence-corrected chi connectivity index (χ0v) is 15.2. The summed E-state index contributed by atoms with van der Waals surface area (Å²) in [5.41, 5.74) is 1.05. The van der Waals surface area contributed by atoms with Crippen LogP contribution in [0.15, 0.2) is 47.4 Å². The number of hydrogen-bond acceptors (Lipinski definition) is 3. The van der Waals surface area contributed by atoms with E-state index in [2.05, 4.69) is 0 Å². The van der Waals surface area contributed by atoms with Crippen molar-refractivity contribution in [2.24, 2.45) is 0 Å². The molecule has 1 aliphatic rings. The first kappa shape index (κ1) is 18.8. The van der Waals surface area contributed by atoms with Crippen LogP contribution in [0.1, 0.15) is 5.56 Å². The largest absolute Gasteiger partial charge is 0.496 e. The van der Waals surface area contributed by atoms with E-state index >= 15 is 0 Å². The van der Waals surface area contributed by atoms with Crippen LogP contribution in [0.3, 0.4) is 0 Å². The smallest absolute Gasteiger partial charge is 0.246 e. The Morgan fingerprint density at radius 3 is 2.50 bits per heavy atom. The molecule has 0 unspecified atom stereocenters. The molecular formula is C18H21F2N2O3S+. The van der Waals surface area contributed by atoms with Gasteiger partial charge in [0.1, 0.15) is 28.8 Å². The van der Waals surface area contributed by atoms with Crippen LogP contribution in [-0.4, -0.2) is 46.0 Å². The van der Waals surface area contributed by atoms with Crippen LogP contribution in [-0.2, 0) is 16.6 Å². The number of ether oxygens (including phenoxy) is 1. The van der Waals surface area contributed by atoms with Gasteiger partial charge < -0.3 is 9.64 Å². The second-order valence-electron chi connectivity index (χ2n) is 6.22. The van der Waals surface area contributed by atoms with Crippen molar-refractivity contribution in [2.45, 2.75) is 11.4 Å². The molecule has 0 aromatic heterocycles. The van der Waals surface area contributed by atoms with Gasteiger partial charge in [-0.1, -0.05) is 12.1 Å². The minimum Gasteiger partial charge on any atom is -0.496 e. The van der Waals surface area contributed by atoms with Crippen LogP contribution in [0, 0.1) is 11.6 Å². The summed E-state index contributed by atoms with van der Waals surface area (Å²) in [6, 6.07) is 10.2. The van der Waals surface area contributed by atoms with Gasteiger partial charge in [-0.3, -0.25) is 0 Å². The van der Waals surface area contributed by atoms with Gasteiger partial charge in [0.2, 0.25) is 10.0 Å². The molecule has 0 bridgehead atoms. The molecule has 1 fully saturated rings. The molecule has 1 N–H and O–H groups in total. The highest BCUT2D eigenvalue weighted by Gasteiger charge is 2.32. The van der Waals surface area contributed by atoms with E-state index in [9.17, 15) is 17.2 Å². The molecule has 0 saturated carbocycles. The quantitative estimate of drug-likeness (QED) is 0.840. The van der Waals surface area contributed by atoms with Gasteiger partial charge in [0.25, 0.3) is 0 Å². The van der Waals surface area contributed by atoms with Gasteiger partial charge in [0.15, 0.2) is 0 Å². The van der Waals surface area contributed by atoms with Crippen molar-refractivity contribution in [3.05, 3.63) is 59.7 Å². The summed E-state index contributed by atoms with van der Waals surface area (Å²) >= 11 is 0. The molecule has 1 aliphatic heterocycles. The Labute approximate surface area is 151 Å². The lowest BCUT2D eigenvalue weighted by Crippen LogP contribution is -3.13. The number of methoxy groups -OCH3 is 1. The van der Waals surface area contributed by atoms with Gasteiger partial charge in [0, 0.05) is 5.56 Å². The van der Waals surface area contributed by atoms with E-state index in [4.69, 9.17) is 4.74 Å². The van der Waals surface area contributed by atoms with Gasteiger partial charge >= 0.3 is 0 Å². The Hall–Kier alpha value is -2.03. The predicted octanol–water partition coefficient (Wildman–Crippen LogP) is 1.06. The van der Waals surface area contributed by atoms with Crippen molar-refractivity contribution in [1.29, 1.82) is 0 Å². The molecule has 1 saturated heterocycles. The molecular weight excluding hydrogens is 362 g/mol. The van der Waals surface area contributed by atoms with Crippen LogP contribution < -0.4 is 9.64 Å².